The summed E-state index contributed by atoms with van der Waals surface area (Å²) in [5.74, 6) is 0.915. The average molecular weight is 182 g/mol. The van der Waals surface area contributed by atoms with Crippen molar-refractivity contribution in [1.29, 1.82) is 0 Å². The van der Waals surface area contributed by atoms with Crippen LogP contribution in [0, 0.1) is 5.92 Å². The van der Waals surface area contributed by atoms with Gasteiger partial charge in [0.05, 0.1) is 0 Å². The zero-order valence-corrected chi connectivity index (χ0v) is 8.48. The summed E-state index contributed by atoms with van der Waals surface area (Å²) in [6.07, 6.45) is 1.41. The number of likely N-dealkylation sites (N-methyl/N-ethyl adjacent to an activating group) is 1. The molecule has 0 amide bonds. The summed E-state index contributed by atoms with van der Waals surface area (Å²) in [6.45, 7) is 7.15. The van der Waals surface area contributed by atoms with Gasteiger partial charge in [0.25, 0.3) is 0 Å². The van der Waals surface area contributed by atoms with E-state index in [9.17, 15) is 0 Å². The molecule has 0 saturated carbocycles. The number of piperidine rings is 1. The highest BCUT2D eigenvalue weighted by Gasteiger charge is 2.47. The van der Waals surface area contributed by atoms with Crippen LogP contribution in [0.25, 0.3) is 0 Å². The van der Waals surface area contributed by atoms with Gasteiger partial charge in [-0.2, -0.15) is 10.2 Å². The van der Waals surface area contributed by atoms with E-state index in [4.69, 9.17) is 0 Å². The molecular formula is C9H18N4. The van der Waals surface area contributed by atoms with Crippen LogP contribution in [0.2, 0.25) is 0 Å². The van der Waals surface area contributed by atoms with Crippen molar-refractivity contribution in [3.63, 3.8) is 0 Å². The normalized spacial score (nSPS) is 50.3. The van der Waals surface area contributed by atoms with E-state index >= 15 is 0 Å². The molecule has 0 spiro atoms. The second kappa shape index (κ2) is 2.67. The molecule has 4 rings (SSSR count). The molecule has 4 heterocycles. The Kier molecular flexibility index (Phi) is 1.68. The molecule has 0 N–H and O–H groups in total. The molecular weight excluding hydrogens is 164 g/mol. The predicted molar refractivity (Wildman–Crippen MR) is 50.3 cm³/mol. The maximum Gasteiger partial charge on any atom is 0.0405 e. The second-order valence-corrected chi connectivity index (χ2v) is 4.43. The molecule has 4 heteroatoms. The van der Waals surface area contributed by atoms with Crippen LogP contribution in [0.3, 0.4) is 0 Å². The number of nitrogens with zero attached hydrogens (tertiary/aromatic N) is 4. The highest BCUT2D eigenvalue weighted by Crippen LogP contribution is 2.35. The molecule has 4 aliphatic rings. The molecule has 0 aliphatic carbocycles. The Morgan fingerprint density at radius 2 is 2.08 bits per heavy atom. The monoisotopic (exact) mass is 182 g/mol. The minimum atomic E-state index is 0.786. The van der Waals surface area contributed by atoms with Gasteiger partial charge in [0.15, 0.2) is 0 Å². The lowest BCUT2D eigenvalue weighted by atomic mass is 9.91. The first-order valence-electron chi connectivity index (χ1n) is 5.32. The number of hydrazine groups is 3. The summed E-state index contributed by atoms with van der Waals surface area (Å²) in [4.78, 5) is 0. The van der Waals surface area contributed by atoms with Crippen molar-refractivity contribution in [3.05, 3.63) is 0 Å². The first-order valence-corrected chi connectivity index (χ1v) is 5.32. The Morgan fingerprint density at radius 3 is 2.85 bits per heavy atom. The third-order valence-corrected chi connectivity index (χ3v) is 3.70. The third kappa shape index (κ3) is 1.00. The molecule has 0 aromatic heterocycles. The van der Waals surface area contributed by atoms with Crippen LogP contribution in [0.1, 0.15) is 13.3 Å². The molecule has 4 aliphatic heterocycles. The highest BCUT2D eigenvalue weighted by molar-refractivity contribution is 4.91. The average Bonchev–Trinajstić information content (AvgIpc) is 2.13. The van der Waals surface area contributed by atoms with E-state index < -0.39 is 0 Å². The van der Waals surface area contributed by atoms with E-state index in [1.165, 1.54) is 26.1 Å². The fraction of sp³-hybridized carbons (Fsp3) is 1.00. The molecule has 4 fully saturated rings. The topological polar surface area (TPSA) is 13.0 Å². The summed E-state index contributed by atoms with van der Waals surface area (Å²) < 4.78 is 0. The number of rotatable bonds is 1. The van der Waals surface area contributed by atoms with Gasteiger partial charge in [0.2, 0.25) is 0 Å². The Labute approximate surface area is 79.6 Å². The van der Waals surface area contributed by atoms with Crippen LogP contribution in [-0.4, -0.2) is 59.5 Å². The van der Waals surface area contributed by atoms with Crippen LogP contribution in [0.5, 0.6) is 0 Å². The Bertz CT molecular complexity index is 220. The van der Waals surface area contributed by atoms with Gasteiger partial charge in [0.1, 0.15) is 0 Å². The van der Waals surface area contributed by atoms with Crippen molar-refractivity contribution in [2.75, 3.05) is 33.2 Å². The molecule has 4 bridgehead atoms. The molecule has 4 nitrogen and oxygen atoms in total. The summed E-state index contributed by atoms with van der Waals surface area (Å²) >= 11 is 0. The van der Waals surface area contributed by atoms with Gasteiger partial charge < -0.3 is 0 Å². The largest absolute Gasteiger partial charge is 0.225 e. The van der Waals surface area contributed by atoms with Crippen molar-refractivity contribution in [2.24, 2.45) is 5.92 Å². The van der Waals surface area contributed by atoms with Gasteiger partial charge in [-0.1, -0.05) is 6.92 Å². The summed E-state index contributed by atoms with van der Waals surface area (Å²) in [6, 6.07) is 0.786. The van der Waals surface area contributed by atoms with E-state index in [2.05, 4.69) is 34.2 Å². The van der Waals surface area contributed by atoms with Crippen LogP contribution in [-0.2, 0) is 0 Å². The van der Waals surface area contributed by atoms with Gasteiger partial charge in [-0.05, 0) is 12.3 Å². The molecule has 4 saturated heterocycles. The molecule has 0 radical (unpaired) electrons. The van der Waals surface area contributed by atoms with Gasteiger partial charge >= 0.3 is 0 Å². The minimum Gasteiger partial charge on any atom is -0.225 e. The van der Waals surface area contributed by atoms with Crippen molar-refractivity contribution in [2.45, 2.75) is 19.4 Å². The van der Waals surface area contributed by atoms with Crippen LogP contribution >= 0.6 is 0 Å². The predicted octanol–water partition coefficient (Wildman–Crippen LogP) is 0.00480. The number of hydrogen-bond acceptors (Lipinski definition) is 4. The summed E-state index contributed by atoms with van der Waals surface area (Å²) in [5.41, 5.74) is 0. The van der Waals surface area contributed by atoms with E-state index in [0.717, 1.165) is 18.5 Å². The van der Waals surface area contributed by atoms with Gasteiger partial charge in [-0.25, -0.2) is 10.0 Å². The van der Waals surface area contributed by atoms with E-state index in [1.807, 2.05) is 0 Å². The summed E-state index contributed by atoms with van der Waals surface area (Å²) in [7, 11) is 2.18. The smallest absolute Gasteiger partial charge is 0.0405 e. The van der Waals surface area contributed by atoms with E-state index in [0.29, 0.717) is 0 Å². The lowest BCUT2D eigenvalue weighted by Crippen LogP contribution is -2.76. The lowest BCUT2D eigenvalue weighted by molar-refractivity contribution is -0.368. The Hall–Kier alpha value is -0.160. The maximum absolute atomic E-state index is 2.52. The standard InChI is InChI=1S/C9H18N4/c1-3-12-9-4-8-5-11(7-9)10(2)13(12)6-8/h8-9H,3-7H2,1-2H3. The molecule has 74 valence electrons. The van der Waals surface area contributed by atoms with Crippen molar-refractivity contribution < 1.29 is 0 Å². The van der Waals surface area contributed by atoms with E-state index in [-0.39, 0.29) is 0 Å². The van der Waals surface area contributed by atoms with Gasteiger partial charge in [-0.3, -0.25) is 0 Å². The molecule has 13 heavy (non-hydrogen) atoms. The molecule has 4 atom stereocenters. The van der Waals surface area contributed by atoms with Crippen LogP contribution in [0.4, 0.5) is 0 Å². The quantitative estimate of drug-likeness (QED) is 0.566. The first kappa shape index (κ1) is 8.17. The van der Waals surface area contributed by atoms with Gasteiger partial charge in [0, 0.05) is 39.3 Å². The highest BCUT2D eigenvalue weighted by atomic mass is 16.0. The fourth-order valence-electron chi connectivity index (χ4n) is 3.11. The van der Waals surface area contributed by atoms with E-state index in [1.54, 1.807) is 0 Å². The SMILES string of the molecule is CCN1C2CC3CN(C2)N(C)N1C3. The molecule has 0 aromatic carbocycles. The van der Waals surface area contributed by atoms with Crippen LogP contribution < -0.4 is 0 Å². The first-order chi connectivity index (χ1) is 6.29. The van der Waals surface area contributed by atoms with Crippen molar-refractivity contribution >= 4 is 0 Å². The number of hydrogen-bond donors (Lipinski definition) is 0. The third-order valence-electron chi connectivity index (χ3n) is 3.70. The maximum atomic E-state index is 2.52. The zero-order chi connectivity index (χ0) is 9.00. The minimum absolute atomic E-state index is 0.786. The Morgan fingerprint density at radius 1 is 1.23 bits per heavy atom. The van der Waals surface area contributed by atoms with Crippen molar-refractivity contribution in [3.8, 4) is 0 Å². The molecule has 4 unspecified atom stereocenters. The fourth-order valence-corrected chi connectivity index (χ4v) is 3.11. The Balaban J connectivity index is 1.89. The van der Waals surface area contributed by atoms with Crippen molar-refractivity contribution in [1.82, 2.24) is 20.3 Å². The zero-order valence-electron chi connectivity index (χ0n) is 8.48. The van der Waals surface area contributed by atoms with Crippen LogP contribution in [0.15, 0.2) is 0 Å². The lowest BCUT2D eigenvalue weighted by Gasteiger charge is -2.62. The molecule has 0 aromatic rings. The summed E-state index contributed by atoms with van der Waals surface area (Å²) in [5, 5.41) is 9.72. The second-order valence-electron chi connectivity index (χ2n) is 4.43. The van der Waals surface area contributed by atoms with Gasteiger partial charge in [-0.15, -0.1) is 0 Å².